The maximum absolute atomic E-state index is 15.0. The van der Waals surface area contributed by atoms with Crippen molar-refractivity contribution in [1.29, 1.82) is 5.26 Å². The maximum atomic E-state index is 15.0. The number of nitriles is 1. The summed E-state index contributed by atoms with van der Waals surface area (Å²) < 4.78 is 33.9. The highest BCUT2D eigenvalue weighted by molar-refractivity contribution is 5.91. The average Bonchev–Trinajstić information content (AvgIpc) is 2.82. The number of hydrogen-bond donors (Lipinski definition) is 0. The van der Waals surface area contributed by atoms with Crippen molar-refractivity contribution in [2.24, 2.45) is 17.8 Å². The quantitative estimate of drug-likeness (QED) is 0.337. The number of carbonyl (C=O) groups is 1. The first kappa shape index (κ1) is 23.4. The summed E-state index contributed by atoms with van der Waals surface area (Å²) in [4.78, 5) is 12.4. The smallest absolute Gasteiger partial charge is 0.343 e. The first-order valence-electron chi connectivity index (χ1n) is 12.2. The SMILES string of the molecule is CCCCC1CCC2CC(c3ccc(C(=O)Oc4ccc(C#N)c(F)c4)cc3F)CCC2C1. The summed E-state index contributed by atoms with van der Waals surface area (Å²) in [6.07, 6.45) is 11.0. The lowest BCUT2D eigenvalue weighted by atomic mass is 9.63. The predicted molar refractivity (Wildman–Crippen MR) is 123 cm³/mol. The van der Waals surface area contributed by atoms with E-state index in [1.54, 1.807) is 18.2 Å². The van der Waals surface area contributed by atoms with Gasteiger partial charge in [-0.25, -0.2) is 13.6 Å². The summed E-state index contributed by atoms with van der Waals surface area (Å²) in [5.41, 5.74) is 0.642. The number of nitrogens with zero attached hydrogens (tertiary/aromatic N) is 1. The molecular weight excluding hydrogens is 420 g/mol. The van der Waals surface area contributed by atoms with Gasteiger partial charge in [-0.05, 0) is 85.6 Å². The normalized spacial score (nSPS) is 24.5. The number of esters is 1. The van der Waals surface area contributed by atoms with E-state index in [-0.39, 0.29) is 28.6 Å². The molecule has 0 aromatic heterocycles. The molecule has 0 heterocycles. The number of carbonyl (C=O) groups excluding carboxylic acids is 1. The van der Waals surface area contributed by atoms with Crippen LogP contribution < -0.4 is 4.74 Å². The van der Waals surface area contributed by atoms with Crippen LogP contribution in [0.1, 0.15) is 92.1 Å². The van der Waals surface area contributed by atoms with Crippen molar-refractivity contribution in [2.75, 3.05) is 0 Å². The minimum Gasteiger partial charge on any atom is -0.423 e. The van der Waals surface area contributed by atoms with Gasteiger partial charge < -0.3 is 4.74 Å². The van der Waals surface area contributed by atoms with E-state index in [1.807, 2.05) is 0 Å². The molecule has 0 N–H and O–H groups in total. The summed E-state index contributed by atoms with van der Waals surface area (Å²) in [5, 5.41) is 8.80. The lowest BCUT2D eigenvalue weighted by molar-refractivity contribution is 0.0733. The lowest BCUT2D eigenvalue weighted by Crippen LogP contribution is -2.30. The Hall–Kier alpha value is -2.74. The van der Waals surface area contributed by atoms with E-state index < -0.39 is 11.8 Å². The molecule has 2 aromatic carbocycles. The summed E-state index contributed by atoms with van der Waals surface area (Å²) in [6, 6.07) is 9.82. The van der Waals surface area contributed by atoms with Gasteiger partial charge in [0.05, 0.1) is 11.1 Å². The average molecular weight is 452 g/mol. The second-order valence-corrected chi connectivity index (χ2v) is 9.73. The number of halogens is 2. The molecule has 3 nitrogen and oxygen atoms in total. The van der Waals surface area contributed by atoms with Crippen LogP contribution in [0.15, 0.2) is 36.4 Å². The molecule has 0 saturated heterocycles. The molecular formula is C28H31F2NO2. The van der Waals surface area contributed by atoms with Gasteiger partial charge in [0.2, 0.25) is 0 Å². The first-order chi connectivity index (χ1) is 16.0. The number of rotatable bonds is 6. The van der Waals surface area contributed by atoms with Crippen molar-refractivity contribution in [1.82, 2.24) is 0 Å². The molecule has 0 bridgehead atoms. The predicted octanol–water partition coefficient (Wildman–Crippen LogP) is 7.55. The van der Waals surface area contributed by atoms with Crippen LogP contribution in [0.5, 0.6) is 5.75 Å². The first-order valence-corrected chi connectivity index (χ1v) is 12.2. The zero-order valence-corrected chi connectivity index (χ0v) is 19.2. The summed E-state index contributed by atoms with van der Waals surface area (Å²) in [5.74, 6) is 0.604. The molecule has 2 aliphatic carbocycles. The van der Waals surface area contributed by atoms with Crippen molar-refractivity contribution < 1.29 is 18.3 Å². The molecule has 33 heavy (non-hydrogen) atoms. The molecule has 2 fully saturated rings. The third-order valence-electron chi connectivity index (χ3n) is 7.64. The third-order valence-corrected chi connectivity index (χ3v) is 7.64. The number of unbranched alkanes of at least 4 members (excludes halogenated alkanes) is 1. The summed E-state index contributed by atoms with van der Waals surface area (Å²) in [6.45, 7) is 2.25. The van der Waals surface area contributed by atoms with E-state index in [9.17, 15) is 9.18 Å². The molecule has 5 heteroatoms. The van der Waals surface area contributed by atoms with Gasteiger partial charge in [0.1, 0.15) is 23.5 Å². The fourth-order valence-corrected chi connectivity index (χ4v) is 5.82. The van der Waals surface area contributed by atoms with Gasteiger partial charge >= 0.3 is 5.97 Å². The van der Waals surface area contributed by atoms with Crippen LogP contribution in [0, 0.1) is 40.7 Å². The molecule has 0 radical (unpaired) electrons. The maximum Gasteiger partial charge on any atom is 0.343 e. The second-order valence-electron chi connectivity index (χ2n) is 9.73. The van der Waals surface area contributed by atoms with Crippen molar-refractivity contribution in [3.63, 3.8) is 0 Å². The Kier molecular flexibility index (Phi) is 7.42. The Morgan fingerprint density at radius 3 is 2.55 bits per heavy atom. The topological polar surface area (TPSA) is 50.1 Å². The highest BCUT2D eigenvalue weighted by Crippen LogP contribution is 2.48. The van der Waals surface area contributed by atoms with Crippen LogP contribution in [0.3, 0.4) is 0 Å². The lowest BCUT2D eigenvalue weighted by Gasteiger charge is -2.42. The standard InChI is InChI=1S/C28H31F2NO2/c1-2-3-4-18-5-6-20-14-21(8-7-19(20)13-18)25-12-10-22(15-27(25)30)28(32)33-24-11-9-23(17-31)26(29)16-24/h9-12,15-16,18-21H,2-8,13-14H2,1H3. The van der Waals surface area contributed by atoms with E-state index in [1.165, 1.54) is 56.7 Å². The Labute approximate surface area is 194 Å². The molecule has 4 unspecified atom stereocenters. The van der Waals surface area contributed by atoms with Crippen molar-refractivity contribution in [3.8, 4) is 11.8 Å². The Balaban J connectivity index is 1.38. The van der Waals surface area contributed by atoms with E-state index in [2.05, 4.69) is 6.92 Å². The van der Waals surface area contributed by atoms with Crippen molar-refractivity contribution >= 4 is 5.97 Å². The highest BCUT2D eigenvalue weighted by Gasteiger charge is 2.36. The van der Waals surface area contributed by atoms with Gasteiger partial charge in [-0.1, -0.05) is 38.7 Å². The Bertz CT molecular complexity index is 1040. The minimum absolute atomic E-state index is 0.0196. The monoisotopic (exact) mass is 451 g/mol. The van der Waals surface area contributed by atoms with Gasteiger partial charge in [0.25, 0.3) is 0 Å². The molecule has 4 atom stereocenters. The molecule has 2 aliphatic rings. The van der Waals surface area contributed by atoms with E-state index in [4.69, 9.17) is 10.00 Å². The third kappa shape index (κ3) is 5.43. The minimum atomic E-state index is -0.765. The molecule has 4 rings (SSSR count). The van der Waals surface area contributed by atoms with Gasteiger partial charge in [-0.2, -0.15) is 5.26 Å². The van der Waals surface area contributed by atoms with Crippen LogP contribution in [0.25, 0.3) is 0 Å². The van der Waals surface area contributed by atoms with Crippen LogP contribution >= 0.6 is 0 Å². The molecule has 0 amide bonds. The van der Waals surface area contributed by atoms with Crippen molar-refractivity contribution in [3.05, 3.63) is 64.7 Å². The molecule has 0 spiro atoms. The largest absolute Gasteiger partial charge is 0.423 e. The van der Waals surface area contributed by atoms with Crippen LogP contribution in [-0.4, -0.2) is 5.97 Å². The number of fused-ring (bicyclic) bond motifs is 1. The molecule has 2 saturated carbocycles. The summed E-state index contributed by atoms with van der Waals surface area (Å²) >= 11 is 0. The van der Waals surface area contributed by atoms with Crippen LogP contribution in [-0.2, 0) is 0 Å². The number of ether oxygens (including phenoxy) is 1. The fourth-order valence-electron chi connectivity index (χ4n) is 5.82. The van der Waals surface area contributed by atoms with Gasteiger partial charge in [-0.3, -0.25) is 0 Å². The molecule has 0 aliphatic heterocycles. The summed E-state index contributed by atoms with van der Waals surface area (Å²) in [7, 11) is 0. The second kappa shape index (κ2) is 10.5. The van der Waals surface area contributed by atoms with E-state index in [0.29, 0.717) is 11.5 Å². The zero-order chi connectivity index (χ0) is 23.4. The van der Waals surface area contributed by atoms with Crippen molar-refractivity contribution in [2.45, 2.75) is 70.6 Å². The van der Waals surface area contributed by atoms with E-state index >= 15 is 4.39 Å². The highest BCUT2D eigenvalue weighted by atomic mass is 19.1. The van der Waals surface area contributed by atoms with Gasteiger partial charge in [0.15, 0.2) is 0 Å². The molecule has 2 aromatic rings. The van der Waals surface area contributed by atoms with Gasteiger partial charge in [0, 0.05) is 6.07 Å². The Morgan fingerprint density at radius 1 is 1.03 bits per heavy atom. The van der Waals surface area contributed by atoms with E-state index in [0.717, 1.165) is 37.2 Å². The zero-order valence-electron chi connectivity index (χ0n) is 19.2. The molecule has 174 valence electrons. The number of hydrogen-bond acceptors (Lipinski definition) is 3. The van der Waals surface area contributed by atoms with Gasteiger partial charge in [-0.15, -0.1) is 0 Å². The Morgan fingerprint density at radius 2 is 1.82 bits per heavy atom. The number of benzene rings is 2. The van der Waals surface area contributed by atoms with Crippen LogP contribution in [0.4, 0.5) is 8.78 Å². The fraction of sp³-hybridized carbons (Fsp3) is 0.500. The van der Waals surface area contributed by atoms with Crippen LogP contribution in [0.2, 0.25) is 0 Å².